The molecule has 1 saturated heterocycles. The second-order valence-corrected chi connectivity index (χ2v) is 5.24. The first-order chi connectivity index (χ1) is 8.16. The lowest BCUT2D eigenvalue weighted by Gasteiger charge is -2.21. The summed E-state index contributed by atoms with van der Waals surface area (Å²) in [6.45, 7) is 1.74. The molecule has 0 saturated carbocycles. The quantitative estimate of drug-likeness (QED) is 0.824. The van der Waals surface area contributed by atoms with Crippen LogP contribution in [-0.4, -0.2) is 24.0 Å². The molecule has 2 rings (SSSR count). The van der Waals surface area contributed by atoms with E-state index in [0.29, 0.717) is 15.3 Å². The first-order valence-electron chi connectivity index (χ1n) is 5.49. The van der Waals surface area contributed by atoms with Crippen LogP contribution in [0.1, 0.15) is 12.8 Å². The van der Waals surface area contributed by atoms with Gasteiger partial charge in [-0.15, -0.1) is 0 Å². The smallest absolute Gasteiger partial charge is 0.228 e. The van der Waals surface area contributed by atoms with Gasteiger partial charge in [0, 0.05) is 6.54 Å². The van der Waals surface area contributed by atoms with E-state index in [2.05, 4.69) is 31.5 Å². The zero-order valence-corrected chi connectivity index (χ0v) is 11.5. The van der Waals surface area contributed by atoms with E-state index in [4.69, 9.17) is 11.6 Å². The third-order valence-electron chi connectivity index (χ3n) is 2.73. The van der Waals surface area contributed by atoms with Crippen LogP contribution < -0.4 is 10.6 Å². The average molecular weight is 319 g/mol. The summed E-state index contributed by atoms with van der Waals surface area (Å²) in [7, 11) is 0. The number of anilines is 1. The Balaban J connectivity index is 1.99. The lowest BCUT2D eigenvalue weighted by Crippen LogP contribution is -2.37. The topological polar surface area (TPSA) is 54.0 Å². The van der Waals surface area contributed by atoms with Gasteiger partial charge in [0.25, 0.3) is 0 Å². The second kappa shape index (κ2) is 5.80. The number of hydrogen-bond acceptors (Lipinski definition) is 3. The SMILES string of the molecule is O=C(Nc1cnc(Cl)c(Br)c1)[C@@H]1CCCNC1. The minimum Gasteiger partial charge on any atom is -0.324 e. The number of carbonyl (C=O) groups excluding carboxylic acids is 1. The van der Waals surface area contributed by atoms with E-state index in [1.807, 2.05) is 0 Å². The van der Waals surface area contributed by atoms with E-state index in [-0.39, 0.29) is 11.8 Å². The van der Waals surface area contributed by atoms with Gasteiger partial charge in [-0.1, -0.05) is 11.6 Å². The normalized spacial score (nSPS) is 20.0. The molecule has 2 N–H and O–H groups in total. The Morgan fingerprint density at radius 3 is 3.12 bits per heavy atom. The van der Waals surface area contributed by atoms with Crippen LogP contribution in [-0.2, 0) is 4.79 Å². The monoisotopic (exact) mass is 317 g/mol. The maximum atomic E-state index is 11.9. The molecule has 1 amide bonds. The summed E-state index contributed by atoms with van der Waals surface area (Å²) in [6, 6.07) is 1.75. The van der Waals surface area contributed by atoms with Gasteiger partial charge in [-0.2, -0.15) is 0 Å². The molecule has 0 radical (unpaired) electrons. The highest BCUT2D eigenvalue weighted by atomic mass is 79.9. The van der Waals surface area contributed by atoms with Crippen molar-refractivity contribution in [3.8, 4) is 0 Å². The molecule has 1 fully saturated rings. The molecule has 92 valence electrons. The van der Waals surface area contributed by atoms with Crippen molar-refractivity contribution in [2.75, 3.05) is 18.4 Å². The zero-order chi connectivity index (χ0) is 12.3. The maximum absolute atomic E-state index is 11.9. The minimum atomic E-state index is 0.0354. The summed E-state index contributed by atoms with van der Waals surface area (Å²) < 4.78 is 0.679. The highest BCUT2D eigenvalue weighted by Gasteiger charge is 2.20. The summed E-state index contributed by atoms with van der Waals surface area (Å²) in [5, 5.41) is 6.46. The Kier molecular flexibility index (Phi) is 4.36. The molecule has 1 aliphatic rings. The molecule has 1 atom stereocenters. The van der Waals surface area contributed by atoms with Gasteiger partial charge in [0.2, 0.25) is 5.91 Å². The Hall–Kier alpha value is -0.650. The Morgan fingerprint density at radius 2 is 2.47 bits per heavy atom. The van der Waals surface area contributed by atoms with Crippen molar-refractivity contribution in [1.29, 1.82) is 0 Å². The van der Waals surface area contributed by atoms with Crippen molar-refractivity contribution in [3.05, 3.63) is 21.9 Å². The second-order valence-electron chi connectivity index (χ2n) is 4.03. The van der Waals surface area contributed by atoms with Gasteiger partial charge in [-0.25, -0.2) is 4.98 Å². The van der Waals surface area contributed by atoms with E-state index in [1.165, 1.54) is 0 Å². The van der Waals surface area contributed by atoms with Gasteiger partial charge in [0.05, 0.1) is 22.3 Å². The highest BCUT2D eigenvalue weighted by Crippen LogP contribution is 2.23. The molecular formula is C11H13BrClN3O. The number of nitrogens with zero attached hydrogens (tertiary/aromatic N) is 1. The predicted molar refractivity (Wildman–Crippen MR) is 71.2 cm³/mol. The molecule has 0 unspecified atom stereocenters. The highest BCUT2D eigenvalue weighted by molar-refractivity contribution is 9.10. The maximum Gasteiger partial charge on any atom is 0.228 e. The Bertz CT molecular complexity index is 421. The number of piperidine rings is 1. The summed E-state index contributed by atoms with van der Waals surface area (Å²) >= 11 is 9.06. The molecule has 4 nitrogen and oxygen atoms in total. The van der Waals surface area contributed by atoms with Crippen LogP contribution in [0.4, 0.5) is 5.69 Å². The lowest BCUT2D eigenvalue weighted by molar-refractivity contribution is -0.120. The molecule has 0 bridgehead atoms. The first-order valence-corrected chi connectivity index (χ1v) is 6.66. The Morgan fingerprint density at radius 1 is 1.65 bits per heavy atom. The van der Waals surface area contributed by atoms with E-state index in [9.17, 15) is 4.79 Å². The largest absolute Gasteiger partial charge is 0.324 e. The molecule has 0 aliphatic carbocycles. The zero-order valence-electron chi connectivity index (χ0n) is 9.17. The molecular weight excluding hydrogens is 305 g/mol. The number of hydrogen-bond donors (Lipinski definition) is 2. The molecule has 1 aromatic rings. The molecule has 6 heteroatoms. The van der Waals surface area contributed by atoms with Crippen molar-refractivity contribution in [3.63, 3.8) is 0 Å². The molecule has 1 aromatic heterocycles. The van der Waals surface area contributed by atoms with Gasteiger partial charge < -0.3 is 10.6 Å². The fourth-order valence-electron chi connectivity index (χ4n) is 1.81. The van der Waals surface area contributed by atoms with Gasteiger partial charge >= 0.3 is 0 Å². The number of nitrogens with one attached hydrogen (secondary N) is 2. The molecule has 2 heterocycles. The number of rotatable bonds is 2. The van der Waals surface area contributed by atoms with Crippen molar-refractivity contribution in [2.45, 2.75) is 12.8 Å². The summed E-state index contributed by atoms with van der Waals surface area (Å²) in [5.74, 6) is 0.0754. The van der Waals surface area contributed by atoms with Gasteiger partial charge in [0.15, 0.2) is 0 Å². The number of amides is 1. The molecule has 0 spiro atoms. The van der Waals surface area contributed by atoms with Crippen molar-refractivity contribution < 1.29 is 4.79 Å². The average Bonchev–Trinajstić information content (AvgIpc) is 2.35. The van der Waals surface area contributed by atoms with Crippen LogP contribution >= 0.6 is 27.5 Å². The number of halogens is 2. The standard InChI is InChI=1S/C11H13BrClN3O/c12-9-4-8(6-15-10(9)13)16-11(17)7-2-1-3-14-5-7/h4,6-7,14H,1-3,5H2,(H,16,17)/t7-/m1/s1. The summed E-state index contributed by atoms with van der Waals surface area (Å²) in [4.78, 5) is 15.9. The van der Waals surface area contributed by atoms with E-state index < -0.39 is 0 Å². The van der Waals surface area contributed by atoms with E-state index in [1.54, 1.807) is 12.3 Å². The fraction of sp³-hybridized carbons (Fsp3) is 0.455. The van der Waals surface area contributed by atoms with Crippen molar-refractivity contribution in [2.24, 2.45) is 5.92 Å². The third kappa shape index (κ3) is 3.40. The van der Waals surface area contributed by atoms with E-state index in [0.717, 1.165) is 25.9 Å². The van der Waals surface area contributed by atoms with Crippen LogP contribution in [0.15, 0.2) is 16.7 Å². The first kappa shape index (κ1) is 12.8. The predicted octanol–water partition coefficient (Wildman–Crippen LogP) is 2.44. The third-order valence-corrected chi connectivity index (χ3v) is 3.87. The Labute approximate surface area is 113 Å². The van der Waals surface area contributed by atoms with Crippen LogP contribution in [0.5, 0.6) is 0 Å². The van der Waals surface area contributed by atoms with E-state index >= 15 is 0 Å². The summed E-state index contributed by atoms with van der Waals surface area (Å²) in [5.41, 5.74) is 0.664. The van der Waals surface area contributed by atoms with Crippen LogP contribution in [0.25, 0.3) is 0 Å². The number of aromatic nitrogens is 1. The van der Waals surface area contributed by atoms with Gasteiger partial charge in [-0.3, -0.25) is 4.79 Å². The fourth-order valence-corrected chi connectivity index (χ4v) is 2.26. The van der Waals surface area contributed by atoms with Crippen LogP contribution in [0.3, 0.4) is 0 Å². The van der Waals surface area contributed by atoms with Crippen LogP contribution in [0, 0.1) is 5.92 Å². The number of pyridine rings is 1. The molecule has 0 aromatic carbocycles. The van der Waals surface area contributed by atoms with Gasteiger partial charge in [-0.05, 0) is 41.4 Å². The van der Waals surface area contributed by atoms with Crippen LogP contribution in [0.2, 0.25) is 5.15 Å². The van der Waals surface area contributed by atoms with Gasteiger partial charge in [0.1, 0.15) is 5.15 Å². The van der Waals surface area contributed by atoms with Crippen molar-refractivity contribution in [1.82, 2.24) is 10.3 Å². The lowest BCUT2D eigenvalue weighted by atomic mass is 9.99. The molecule has 1 aliphatic heterocycles. The summed E-state index contributed by atoms with van der Waals surface area (Å²) in [6.07, 6.45) is 3.53. The number of carbonyl (C=O) groups is 1. The molecule has 17 heavy (non-hydrogen) atoms. The van der Waals surface area contributed by atoms with Crippen molar-refractivity contribution >= 4 is 39.1 Å². The minimum absolute atomic E-state index is 0.0354.